The van der Waals surface area contributed by atoms with Crippen molar-refractivity contribution in [2.45, 2.75) is 38.8 Å². The molecule has 25 heavy (non-hydrogen) atoms. The SMILES string of the molecule is Cc1cc(F)ccc1-c1ccc(C(=O)N2CC[C@@H](N)C[C@@H]2C)cc1F. The summed E-state index contributed by atoms with van der Waals surface area (Å²) in [7, 11) is 0. The van der Waals surface area contributed by atoms with Crippen LogP contribution in [0.2, 0.25) is 0 Å². The quantitative estimate of drug-likeness (QED) is 0.898. The second kappa shape index (κ2) is 6.92. The number of hydrogen-bond donors (Lipinski definition) is 1. The molecule has 0 aromatic heterocycles. The number of nitrogens with two attached hydrogens (primary N) is 1. The number of likely N-dealkylation sites (tertiary alicyclic amines) is 1. The van der Waals surface area contributed by atoms with Gasteiger partial charge in [-0.3, -0.25) is 4.79 Å². The third kappa shape index (κ3) is 3.56. The molecule has 1 saturated heterocycles. The minimum absolute atomic E-state index is 0.0401. The van der Waals surface area contributed by atoms with Crippen molar-refractivity contribution >= 4 is 5.91 Å². The monoisotopic (exact) mass is 344 g/mol. The lowest BCUT2D eigenvalue weighted by Crippen LogP contribution is -2.48. The lowest BCUT2D eigenvalue weighted by molar-refractivity contribution is 0.0618. The molecule has 1 aliphatic rings. The molecule has 0 saturated carbocycles. The maximum atomic E-state index is 14.6. The van der Waals surface area contributed by atoms with Gasteiger partial charge in [0.25, 0.3) is 5.91 Å². The molecular formula is C20H22F2N2O. The van der Waals surface area contributed by atoms with Gasteiger partial charge in [0.2, 0.25) is 0 Å². The highest BCUT2D eigenvalue weighted by Crippen LogP contribution is 2.28. The highest BCUT2D eigenvalue weighted by molar-refractivity contribution is 5.95. The van der Waals surface area contributed by atoms with Gasteiger partial charge in [-0.05, 0) is 62.1 Å². The van der Waals surface area contributed by atoms with Crippen LogP contribution in [0.3, 0.4) is 0 Å². The molecule has 0 spiro atoms. The highest BCUT2D eigenvalue weighted by Gasteiger charge is 2.28. The molecule has 0 radical (unpaired) electrons. The molecular weight excluding hydrogens is 322 g/mol. The Balaban J connectivity index is 1.88. The molecule has 1 heterocycles. The molecule has 2 aromatic carbocycles. The van der Waals surface area contributed by atoms with Crippen LogP contribution < -0.4 is 5.73 Å². The Bertz CT molecular complexity index is 806. The molecule has 1 amide bonds. The minimum Gasteiger partial charge on any atom is -0.336 e. The summed E-state index contributed by atoms with van der Waals surface area (Å²) in [4.78, 5) is 14.4. The van der Waals surface area contributed by atoms with Gasteiger partial charge in [-0.2, -0.15) is 0 Å². The van der Waals surface area contributed by atoms with Gasteiger partial charge in [-0.15, -0.1) is 0 Å². The summed E-state index contributed by atoms with van der Waals surface area (Å²) in [6.45, 7) is 4.28. The fourth-order valence-corrected chi connectivity index (χ4v) is 3.47. The van der Waals surface area contributed by atoms with E-state index < -0.39 is 5.82 Å². The Labute approximate surface area is 146 Å². The van der Waals surface area contributed by atoms with Crippen LogP contribution in [0.25, 0.3) is 11.1 Å². The molecule has 5 heteroatoms. The lowest BCUT2D eigenvalue weighted by Gasteiger charge is -2.36. The van der Waals surface area contributed by atoms with E-state index in [1.807, 2.05) is 6.92 Å². The first-order valence-corrected chi connectivity index (χ1v) is 8.49. The number of aryl methyl sites for hydroxylation is 1. The Morgan fingerprint density at radius 1 is 1.16 bits per heavy atom. The predicted molar refractivity (Wildman–Crippen MR) is 94.2 cm³/mol. The predicted octanol–water partition coefficient (Wildman–Crippen LogP) is 3.89. The van der Waals surface area contributed by atoms with Crippen molar-refractivity contribution in [1.82, 2.24) is 4.90 Å². The number of piperidine rings is 1. The molecule has 3 nitrogen and oxygen atoms in total. The van der Waals surface area contributed by atoms with Gasteiger partial charge < -0.3 is 10.6 Å². The molecule has 0 unspecified atom stereocenters. The third-order valence-electron chi connectivity index (χ3n) is 4.87. The van der Waals surface area contributed by atoms with Crippen molar-refractivity contribution < 1.29 is 13.6 Å². The molecule has 2 N–H and O–H groups in total. The van der Waals surface area contributed by atoms with Gasteiger partial charge in [0, 0.05) is 29.8 Å². The number of carbonyl (C=O) groups excluding carboxylic acids is 1. The van der Waals surface area contributed by atoms with Crippen LogP contribution >= 0.6 is 0 Å². The zero-order chi connectivity index (χ0) is 18.1. The highest BCUT2D eigenvalue weighted by atomic mass is 19.1. The molecule has 2 atom stereocenters. The average Bonchev–Trinajstić information content (AvgIpc) is 2.55. The van der Waals surface area contributed by atoms with Gasteiger partial charge in [-0.1, -0.05) is 12.1 Å². The number of amides is 1. The van der Waals surface area contributed by atoms with Crippen LogP contribution in [-0.4, -0.2) is 29.4 Å². The van der Waals surface area contributed by atoms with E-state index in [0.29, 0.717) is 28.8 Å². The molecule has 0 aliphatic carbocycles. The van der Waals surface area contributed by atoms with Crippen molar-refractivity contribution in [2.75, 3.05) is 6.54 Å². The smallest absolute Gasteiger partial charge is 0.254 e. The number of nitrogens with zero attached hydrogens (tertiary/aromatic N) is 1. The normalized spacial score (nSPS) is 20.6. The van der Waals surface area contributed by atoms with Crippen LogP contribution in [0.1, 0.15) is 35.7 Å². The summed E-state index contributed by atoms with van der Waals surface area (Å²) in [6.07, 6.45) is 1.51. The Kier molecular flexibility index (Phi) is 4.86. The van der Waals surface area contributed by atoms with Crippen molar-refractivity contribution in [2.24, 2.45) is 5.73 Å². The molecule has 132 valence electrons. The molecule has 1 fully saturated rings. The van der Waals surface area contributed by atoms with Crippen molar-refractivity contribution in [3.8, 4) is 11.1 Å². The second-order valence-electron chi connectivity index (χ2n) is 6.79. The number of rotatable bonds is 2. The van der Waals surface area contributed by atoms with E-state index in [-0.39, 0.29) is 23.8 Å². The Morgan fingerprint density at radius 3 is 2.52 bits per heavy atom. The number of benzene rings is 2. The van der Waals surface area contributed by atoms with Crippen molar-refractivity contribution in [3.05, 3.63) is 59.2 Å². The van der Waals surface area contributed by atoms with Gasteiger partial charge in [-0.25, -0.2) is 8.78 Å². The van der Waals surface area contributed by atoms with E-state index in [9.17, 15) is 13.6 Å². The summed E-state index contributed by atoms with van der Waals surface area (Å²) < 4.78 is 27.9. The van der Waals surface area contributed by atoms with Crippen molar-refractivity contribution in [3.63, 3.8) is 0 Å². The summed E-state index contributed by atoms with van der Waals surface area (Å²) >= 11 is 0. The average molecular weight is 344 g/mol. The van der Waals surface area contributed by atoms with E-state index in [1.165, 1.54) is 18.2 Å². The standard InChI is InChI=1S/C20H22F2N2O/c1-12-9-15(21)4-6-17(12)18-5-3-14(11-19(18)22)20(25)24-8-7-16(23)10-13(24)2/h3-6,9,11,13,16H,7-8,10,23H2,1-2H3/t13-,16+/m0/s1. The molecule has 2 aromatic rings. The fourth-order valence-electron chi connectivity index (χ4n) is 3.47. The van der Waals surface area contributed by atoms with Gasteiger partial charge in [0.1, 0.15) is 11.6 Å². The van der Waals surface area contributed by atoms with Gasteiger partial charge in [0.15, 0.2) is 0 Å². The van der Waals surface area contributed by atoms with Crippen LogP contribution in [-0.2, 0) is 0 Å². The molecule has 3 rings (SSSR count). The van der Waals surface area contributed by atoms with E-state index in [2.05, 4.69) is 0 Å². The van der Waals surface area contributed by atoms with E-state index in [0.717, 1.165) is 12.8 Å². The molecule has 0 bridgehead atoms. The summed E-state index contributed by atoms with van der Waals surface area (Å²) in [5.74, 6) is -1.02. The number of halogens is 2. The minimum atomic E-state index is -0.484. The largest absolute Gasteiger partial charge is 0.336 e. The second-order valence-corrected chi connectivity index (χ2v) is 6.79. The van der Waals surface area contributed by atoms with Gasteiger partial charge >= 0.3 is 0 Å². The lowest BCUT2D eigenvalue weighted by atomic mass is 9.96. The summed E-state index contributed by atoms with van der Waals surface area (Å²) in [5.41, 5.74) is 7.89. The van der Waals surface area contributed by atoms with Crippen LogP contribution in [0.15, 0.2) is 36.4 Å². The zero-order valence-corrected chi connectivity index (χ0v) is 14.4. The van der Waals surface area contributed by atoms with Crippen LogP contribution in [0.5, 0.6) is 0 Å². The maximum absolute atomic E-state index is 14.6. The fraction of sp³-hybridized carbons (Fsp3) is 0.350. The Morgan fingerprint density at radius 2 is 1.88 bits per heavy atom. The first-order chi connectivity index (χ1) is 11.9. The zero-order valence-electron chi connectivity index (χ0n) is 14.4. The van der Waals surface area contributed by atoms with Crippen molar-refractivity contribution in [1.29, 1.82) is 0 Å². The first-order valence-electron chi connectivity index (χ1n) is 8.49. The van der Waals surface area contributed by atoms with E-state index in [4.69, 9.17) is 5.73 Å². The van der Waals surface area contributed by atoms with Gasteiger partial charge in [0.05, 0.1) is 0 Å². The maximum Gasteiger partial charge on any atom is 0.254 e. The van der Waals surface area contributed by atoms with E-state index >= 15 is 0 Å². The number of hydrogen-bond acceptors (Lipinski definition) is 2. The van der Waals surface area contributed by atoms with E-state index in [1.54, 1.807) is 30.0 Å². The van der Waals surface area contributed by atoms with Crippen LogP contribution in [0.4, 0.5) is 8.78 Å². The topological polar surface area (TPSA) is 46.3 Å². The molecule has 1 aliphatic heterocycles. The summed E-state index contributed by atoms with van der Waals surface area (Å²) in [5, 5.41) is 0. The number of carbonyl (C=O) groups is 1. The first kappa shape index (κ1) is 17.5. The third-order valence-corrected chi connectivity index (χ3v) is 4.87. The Hall–Kier alpha value is -2.27. The van der Waals surface area contributed by atoms with Crippen LogP contribution in [0, 0.1) is 18.6 Å². The summed E-state index contributed by atoms with van der Waals surface area (Å²) in [6, 6.07) is 8.86.